The fourth-order valence-corrected chi connectivity index (χ4v) is 2.23. The van der Waals surface area contributed by atoms with E-state index in [1.54, 1.807) is 0 Å². The summed E-state index contributed by atoms with van der Waals surface area (Å²) in [4.78, 5) is 42.3. The van der Waals surface area contributed by atoms with Crippen LogP contribution in [-0.2, 0) is 16.0 Å². The molecule has 1 aromatic rings. The lowest BCUT2D eigenvalue weighted by Gasteiger charge is -2.20. The second-order valence-electron chi connectivity index (χ2n) is 4.96. The number of hydrogen-bond donors (Lipinski definition) is 4. The van der Waals surface area contributed by atoms with Crippen molar-refractivity contribution in [3.05, 3.63) is 18.2 Å². The number of imidazole rings is 1. The number of amides is 3. The summed E-state index contributed by atoms with van der Waals surface area (Å²) in [6.45, 7) is 0.605. The number of likely N-dealkylation sites (tertiary alicyclic amines) is 1. The number of aromatic amines is 1. The van der Waals surface area contributed by atoms with Gasteiger partial charge in [0.25, 0.3) is 0 Å². The third-order valence-electron chi connectivity index (χ3n) is 3.45. The van der Waals surface area contributed by atoms with Crippen LogP contribution in [0, 0.1) is 5.92 Å². The van der Waals surface area contributed by atoms with Crippen LogP contribution in [0.4, 0.5) is 4.79 Å². The molecule has 2 heterocycles. The van der Waals surface area contributed by atoms with Crippen molar-refractivity contribution < 1.29 is 19.5 Å². The Morgan fingerprint density at radius 1 is 1.57 bits per heavy atom. The first kappa shape index (κ1) is 14.8. The van der Waals surface area contributed by atoms with Gasteiger partial charge in [-0.15, -0.1) is 0 Å². The molecule has 9 nitrogen and oxygen atoms in total. The van der Waals surface area contributed by atoms with Gasteiger partial charge in [0.1, 0.15) is 6.04 Å². The molecule has 0 aromatic carbocycles. The maximum absolute atomic E-state index is 12.0. The van der Waals surface area contributed by atoms with E-state index in [0.29, 0.717) is 18.7 Å². The second kappa shape index (κ2) is 6.25. The summed E-state index contributed by atoms with van der Waals surface area (Å²) < 4.78 is 0. The van der Waals surface area contributed by atoms with Crippen LogP contribution in [0.2, 0.25) is 0 Å². The smallest absolute Gasteiger partial charge is 0.326 e. The van der Waals surface area contributed by atoms with Crippen LogP contribution in [0.25, 0.3) is 0 Å². The Kier molecular flexibility index (Phi) is 4.41. The third kappa shape index (κ3) is 3.71. The van der Waals surface area contributed by atoms with Gasteiger partial charge in [0.05, 0.1) is 12.2 Å². The van der Waals surface area contributed by atoms with Crippen LogP contribution >= 0.6 is 0 Å². The van der Waals surface area contributed by atoms with E-state index < -0.39 is 23.9 Å². The summed E-state index contributed by atoms with van der Waals surface area (Å²) in [5, 5.41) is 11.6. The van der Waals surface area contributed by atoms with Crippen LogP contribution in [0.3, 0.4) is 0 Å². The van der Waals surface area contributed by atoms with Gasteiger partial charge in [-0.1, -0.05) is 0 Å². The summed E-state index contributed by atoms with van der Waals surface area (Å²) >= 11 is 0. The monoisotopic (exact) mass is 295 g/mol. The number of carbonyl (C=O) groups is 3. The number of carboxylic acid groups (broad SMARTS) is 1. The highest BCUT2D eigenvalue weighted by molar-refractivity contribution is 5.84. The van der Waals surface area contributed by atoms with Gasteiger partial charge in [0, 0.05) is 31.4 Å². The molecule has 2 unspecified atom stereocenters. The largest absolute Gasteiger partial charge is 0.480 e. The number of hydrogen-bond acceptors (Lipinski definition) is 4. The van der Waals surface area contributed by atoms with Crippen LogP contribution in [0.5, 0.6) is 0 Å². The van der Waals surface area contributed by atoms with Gasteiger partial charge in [-0.25, -0.2) is 14.6 Å². The molecule has 1 aliphatic heterocycles. The van der Waals surface area contributed by atoms with Gasteiger partial charge in [-0.2, -0.15) is 0 Å². The van der Waals surface area contributed by atoms with Crippen molar-refractivity contribution in [1.82, 2.24) is 20.2 Å². The number of carboxylic acids is 1. The Balaban J connectivity index is 1.93. The summed E-state index contributed by atoms with van der Waals surface area (Å²) in [6.07, 6.45) is 3.55. The molecule has 21 heavy (non-hydrogen) atoms. The molecule has 1 aliphatic rings. The number of aromatic nitrogens is 2. The zero-order valence-corrected chi connectivity index (χ0v) is 11.3. The first-order chi connectivity index (χ1) is 9.97. The first-order valence-corrected chi connectivity index (χ1v) is 6.52. The van der Waals surface area contributed by atoms with Crippen molar-refractivity contribution in [2.75, 3.05) is 13.1 Å². The van der Waals surface area contributed by atoms with E-state index in [4.69, 9.17) is 10.8 Å². The molecule has 1 saturated heterocycles. The first-order valence-electron chi connectivity index (χ1n) is 6.52. The van der Waals surface area contributed by atoms with Crippen LogP contribution < -0.4 is 11.1 Å². The average Bonchev–Trinajstić information content (AvgIpc) is 3.08. The summed E-state index contributed by atoms with van der Waals surface area (Å²) in [5.74, 6) is -1.95. The molecule has 0 aliphatic carbocycles. The van der Waals surface area contributed by atoms with Gasteiger partial charge in [-0.3, -0.25) is 4.79 Å². The number of H-pyrrole nitrogens is 1. The molecule has 2 atom stereocenters. The number of nitrogens with one attached hydrogen (secondary N) is 2. The molecule has 1 aromatic heterocycles. The molecule has 5 N–H and O–H groups in total. The van der Waals surface area contributed by atoms with Crippen LogP contribution in [0.1, 0.15) is 12.1 Å². The zero-order valence-electron chi connectivity index (χ0n) is 11.3. The summed E-state index contributed by atoms with van der Waals surface area (Å²) in [5.41, 5.74) is 5.81. The van der Waals surface area contributed by atoms with Gasteiger partial charge >= 0.3 is 12.0 Å². The number of carbonyl (C=O) groups excluding carboxylic acids is 2. The van der Waals surface area contributed by atoms with E-state index >= 15 is 0 Å². The standard InChI is InChI=1S/C12H17N5O4/c13-10(18)7-1-2-17(5-7)12(21)16-9(11(19)20)3-8-4-14-6-15-8/h4,6-7,9H,1-3,5H2,(H2,13,18)(H,14,15)(H,16,21)(H,19,20). The lowest BCUT2D eigenvalue weighted by atomic mass is 10.1. The lowest BCUT2D eigenvalue weighted by Crippen LogP contribution is -2.48. The van der Waals surface area contributed by atoms with Gasteiger partial charge < -0.3 is 26.0 Å². The Hall–Kier alpha value is -2.58. The molecule has 2 rings (SSSR count). The highest BCUT2D eigenvalue weighted by Gasteiger charge is 2.31. The molecule has 0 radical (unpaired) electrons. The molecule has 0 saturated carbocycles. The maximum Gasteiger partial charge on any atom is 0.326 e. The molecule has 1 fully saturated rings. The number of urea groups is 1. The fourth-order valence-electron chi connectivity index (χ4n) is 2.23. The number of rotatable bonds is 5. The van der Waals surface area contributed by atoms with Crippen molar-refractivity contribution in [2.45, 2.75) is 18.9 Å². The highest BCUT2D eigenvalue weighted by Crippen LogP contribution is 2.15. The van der Waals surface area contributed by atoms with Crippen molar-refractivity contribution >= 4 is 17.9 Å². The molecular weight excluding hydrogens is 278 g/mol. The lowest BCUT2D eigenvalue weighted by molar-refractivity contribution is -0.139. The third-order valence-corrected chi connectivity index (χ3v) is 3.45. The van der Waals surface area contributed by atoms with Crippen molar-refractivity contribution in [1.29, 1.82) is 0 Å². The van der Waals surface area contributed by atoms with Crippen molar-refractivity contribution in [2.24, 2.45) is 11.7 Å². The van der Waals surface area contributed by atoms with Crippen LogP contribution in [-0.4, -0.2) is 57.0 Å². The highest BCUT2D eigenvalue weighted by atomic mass is 16.4. The van der Waals surface area contributed by atoms with E-state index in [9.17, 15) is 14.4 Å². The fraction of sp³-hybridized carbons (Fsp3) is 0.500. The second-order valence-corrected chi connectivity index (χ2v) is 4.96. The molecule has 9 heteroatoms. The predicted octanol–water partition coefficient (Wildman–Crippen LogP) is -1.08. The maximum atomic E-state index is 12.0. The minimum Gasteiger partial charge on any atom is -0.480 e. The Labute approximate surface area is 120 Å². The Bertz CT molecular complexity index is 530. The average molecular weight is 295 g/mol. The summed E-state index contributed by atoms with van der Waals surface area (Å²) in [7, 11) is 0. The molecule has 3 amide bonds. The Morgan fingerprint density at radius 2 is 2.33 bits per heavy atom. The SMILES string of the molecule is NC(=O)C1CCN(C(=O)NC(Cc2cnc[nH]2)C(=O)O)C1. The minimum atomic E-state index is -1.14. The Morgan fingerprint density at radius 3 is 2.86 bits per heavy atom. The number of primary amides is 1. The topological polar surface area (TPSA) is 141 Å². The van der Waals surface area contributed by atoms with Crippen molar-refractivity contribution in [3.63, 3.8) is 0 Å². The quantitative estimate of drug-likeness (QED) is 0.547. The van der Waals surface area contributed by atoms with E-state index in [1.165, 1.54) is 17.4 Å². The molecular formula is C12H17N5O4. The minimum absolute atomic E-state index is 0.105. The van der Waals surface area contributed by atoms with E-state index in [2.05, 4.69) is 15.3 Å². The summed E-state index contributed by atoms with van der Waals surface area (Å²) in [6, 6.07) is -1.57. The predicted molar refractivity (Wildman–Crippen MR) is 71.1 cm³/mol. The van der Waals surface area contributed by atoms with Crippen molar-refractivity contribution in [3.8, 4) is 0 Å². The normalized spacial score (nSPS) is 19.2. The zero-order chi connectivity index (χ0) is 15.4. The van der Waals surface area contributed by atoms with E-state index in [0.717, 1.165) is 0 Å². The molecule has 0 bridgehead atoms. The van der Waals surface area contributed by atoms with E-state index in [1.807, 2.05) is 0 Å². The van der Waals surface area contributed by atoms with Gasteiger partial charge in [-0.05, 0) is 6.42 Å². The molecule has 0 spiro atoms. The van der Waals surface area contributed by atoms with Gasteiger partial charge in [0.2, 0.25) is 5.91 Å². The molecule has 114 valence electrons. The number of nitrogens with two attached hydrogens (primary N) is 1. The number of aliphatic carboxylic acids is 1. The number of nitrogens with zero attached hydrogens (tertiary/aromatic N) is 2. The van der Waals surface area contributed by atoms with E-state index in [-0.39, 0.29) is 18.9 Å². The van der Waals surface area contributed by atoms with Crippen LogP contribution in [0.15, 0.2) is 12.5 Å². The van der Waals surface area contributed by atoms with Gasteiger partial charge in [0.15, 0.2) is 0 Å².